The fraction of sp³-hybridized carbons (Fsp3) is 0.100. The van der Waals surface area contributed by atoms with Gasteiger partial charge < -0.3 is 10.4 Å². The lowest BCUT2D eigenvalue weighted by molar-refractivity contribution is 0.0880. The third-order valence-corrected chi connectivity index (χ3v) is 4.29. The average molecular weight is 269 g/mol. The second-order valence-electron chi connectivity index (χ2n) is 3.58. The fourth-order valence-electron chi connectivity index (χ4n) is 1.68. The molecule has 0 radical (unpaired) electrons. The minimum Gasteiger partial charge on any atom is -0.733 e. The standard InChI is InChI=1S/C10H9N2O5S/c1-2-5-11-10(13)8-4-3-7(12(14)15)6-9(8)18(11,16)17/h2-4,6,14H,1,5H2/q-1. The van der Waals surface area contributed by atoms with Crippen molar-refractivity contribution in [2.75, 3.05) is 11.8 Å². The topological polar surface area (TPSA) is 101 Å². The summed E-state index contributed by atoms with van der Waals surface area (Å²) in [5.74, 6) is -0.674. The van der Waals surface area contributed by atoms with E-state index in [9.17, 15) is 18.4 Å². The second kappa shape index (κ2) is 4.09. The SMILES string of the molecule is C=CCN1C(=O)c2ccc(N([O-])O)cc2S1(=O)=O. The van der Waals surface area contributed by atoms with E-state index in [0.717, 1.165) is 12.1 Å². The normalized spacial score (nSPS) is 16.6. The molecule has 1 aliphatic heterocycles. The Bertz CT molecular complexity index is 623. The first-order valence-electron chi connectivity index (χ1n) is 4.87. The molecule has 0 aromatic heterocycles. The van der Waals surface area contributed by atoms with E-state index >= 15 is 0 Å². The molecule has 1 heterocycles. The van der Waals surface area contributed by atoms with Crippen LogP contribution in [0.25, 0.3) is 0 Å². The molecule has 18 heavy (non-hydrogen) atoms. The van der Waals surface area contributed by atoms with Crippen molar-refractivity contribution < 1.29 is 18.4 Å². The van der Waals surface area contributed by atoms with Crippen LogP contribution in [0.5, 0.6) is 0 Å². The van der Waals surface area contributed by atoms with Crippen molar-refractivity contribution in [2.24, 2.45) is 0 Å². The number of benzene rings is 1. The zero-order valence-electron chi connectivity index (χ0n) is 9.11. The summed E-state index contributed by atoms with van der Waals surface area (Å²) in [5, 5.41) is 19.0. The van der Waals surface area contributed by atoms with Gasteiger partial charge in [0.15, 0.2) is 0 Å². The van der Waals surface area contributed by atoms with Crippen molar-refractivity contribution in [3.8, 4) is 0 Å². The molecule has 0 aliphatic carbocycles. The van der Waals surface area contributed by atoms with E-state index in [1.807, 2.05) is 0 Å². The lowest BCUT2D eigenvalue weighted by Crippen LogP contribution is -2.29. The third kappa shape index (κ3) is 1.67. The van der Waals surface area contributed by atoms with Gasteiger partial charge in [-0.1, -0.05) is 6.08 Å². The van der Waals surface area contributed by atoms with Crippen molar-refractivity contribution in [3.63, 3.8) is 0 Å². The van der Waals surface area contributed by atoms with E-state index in [1.54, 1.807) is 0 Å². The maximum absolute atomic E-state index is 12.0. The van der Waals surface area contributed by atoms with Crippen molar-refractivity contribution in [3.05, 3.63) is 41.6 Å². The van der Waals surface area contributed by atoms with Gasteiger partial charge in [-0.15, -0.1) is 6.58 Å². The monoisotopic (exact) mass is 269 g/mol. The molecule has 8 heteroatoms. The number of carbonyl (C=O) groups excluding carboxylic acids is 1. The van der Waals surface area contributed by atoms with Gasteiger partial charge in [0, 0.05) is 0 Å². The summed E-state index contributed by atoms with van der Waals surface area (Å²) in [6.45, 7) is 3.23. The molecule has 7 nitrogen and oxygen atoms in total. The molecule has 1 amide bonds. The quantitative estimate of drug-likeness (QED) is 0.640. The smallest absolute Gasteiger partial charge is 0.269 e. The number of hydrogen-bond donors (Lipinski definition) is 1. The molecule has 0 atom stereocenters. The number of nitrogens with zero attached hydrogens (tertiary/aromatic N) is 2. The Balaban J connectivity index is 2.62. The molecular weight excluding hydrogens is 260 g/mol. The van der Waals surface area contributed by atoms with Crippen LogP contribution >= 0.6 is 0 Å². The highest BCUT2D eigenvalue weighted by Gasteiger charge is 2.40. The summed E-state index contributed by atoms with van der Waals surface area (Å²) in [4.78, 5) is 11.5. The number of sulfonamides is 1. The highest BCUT2D eigenvalue weighted by Crippen LogP contribution is 2.32. The number of hydrogen-bond acceptors (Lipinski definition) is 6. The summed E-state index contributed by atoms with van der Waals surface area (Å²) < 4.78 is 24.7. The van der Waals surface area contributed by atoms with Gasteiger partial charge in [0.25, 0.3) is 15.9 Å². The Labute approximate surface area is 103 Å². The first kappa shape index (κ1) is 12.6. The number of fused-ring (bicyclic) bond motifs is 1. The first-order chi connectivity index (χ1) is 8.39. The van der Waals surface area contributed by atoms with Crippen LogP contribution in [0, 0.1) is 5.21 Å². The summed E-state index contributed by atoms with van der Waals surface area (Å²) in [5.41, 5.74) is -0.284. The summed E-state index contributed by atoms with van der Waals surface area (Å²) >= 11 is 0. The van der Waals surface area contributed by atoms with Crippen LogP contribution in [0.15, 0.2) is 35.7 Å². The Morgan fingerprint density at radius 2 is 2.17 bits per heavy atom. The predicted octanol–water partition coefficient (Wildman–Crippen LogP) is 0.710. The second-order valence-corrected chi connectivity index (χ2v) is 5.41. The summed E-state index contributed by atoms with van der Waals surface area (Å²) in [6, 6.07) is 3.31. The molecule has 0 saturated carbocycles. The Morgan fingerprint density at radius 1 is 1.50 bits per heavy atom. The number of carbonyl (C=O) groups is 1. The largest absolute Gasteiger partial charge is 0.733 e. The van der Waals surface area contributed by atoms with E-state index in [4.69, 9.17) is 5.21 Å². The van der Waals surface area contributed by atoms with E-state index < -0.39 is 21.2 Å². The van der Waals surface area contributed by atoms with Gasteiger partial charge in [-0.3, -0.25) is 10.0 Å². The van der Waals surface area contributed by atoms with Crippen molar-refractivity contribution in [1.29, 1.82) is 0 Å². The Morgan fingerprint density at radius 3 is 2.72 bits per heavy atom. The molecule has 96 valence electrons. The van der Waals surface area contributed by atoms with Crippen LogP contribution in [0.4, 0.5) is 5.69 Å². The molecule has 1 aromatic rings. The highest BCUT2D eigenvalue weighted by molar-refractivity contribution is 7.90. The van der Waals surface area contributed by atoms with Crippen molar-refractivity contribution in [1.82, 2.24) is 4.31 Å². The van der Waals surface area contributed by atoms with Crippen molar-refractivity contribution in [2.45, 2.75) is 4.90 Å². The Kier molecular flexibility index (Phi) is 2.85. The van der Waals surface area contributed by atoms with Gasteiger partial charge in [-0.25, -0.2) is 12.7 Å². The van der Waals surface area contributed by atoms with E-state index in [2.05, 4.69) is 6.58 Å². The van der Waals surface area contributed by atoms with Gasteiger partial charge in [0.2, 0.25) is 0 Å². The lowest BCUT2D eigenvalue weighted by Gasteiger charge is -2.21. The molecule has 1 aliphatic rings. The van der Waals surface area contributed by atoms with E-state index in [-0.39, 0.29) is 22.7 Å². The van der Waals surface area contributed by atoms with Crippen LogP contribution in [0.1, 0.15) is 10.4 Å². The maximum Gasteiger partial charge on any atom is 0.269 e. The van der Waals surface area contributed by atoms with Crippen LogP contribution in [0.2, 0.25) is 0 Å². The highest BCUT2D eigenvalue weighted by atomic mass is 32.2. The molecule has 1 aromatic carbocycles. The zero-order chi connectivity index (χ0) is 13.5. The van der Waals surface area contributed by atoms with Gasteiger partial charge in [-0.2, -0.15) is 0 Å². The van der Waals surface area contributed by atoms with Gasteiger partial charge in [0.1, 0.15) is 4.90 Å². The van der Waals surface area contributed by atoms with Crippen molar-refractivity contribution >= 4 is 21.6 Å². The summed E-state index contributed by atoms with van der Waals surface area (Å²) in [6.07, 6.45) is 1.29. The van der Waals surface area contributed by atoms with Crippen LogP contribution in [-0.2, 0) is 10.0 Å². The average Bonchev–Trinajstić information content (AvgIpc) is 2.51. The molecule has 0 unspecified atom stereocenters. The molecule has 0 saturated heterocycles. The van der Waals surface area contributed by atoms with Gasteiger partial charge in [0.05, 0.1) is 17.8 Å². The summed E-state index contributed by atoms with van der Waals surface area (Å²) in [7, 11) is -3.98. The number of amides is 1. The minimum atomic E-state index is -3.98. The van der Waals surface area contributed by atoms with Crippen LogP contribution in [0.3, 0.4) is 0 Å². The van der Waals surface area contributed by atoms with Crippen LogP contribution in [-0.4, -0.2) is 30.4 Å². The molecule has 0 fully saturated rings. The zero-order valence-corrected chi connectivity index (χ0v) is 9.92. The maximum atomic E-state index is 12.0. The van der Waals surface area contributed by atoms with E-state index in [1.165, 1.54) is 12.1 Å². The fourth-order valence-corrected chi connectivity index (χ4v) is 3.24. The molecule has 1 N–H and O–H groups in total. The lowest BCUT2D eigenvalue weighted by atomic mass is 10.2. The first-order valence-corrected chi connectivity index (χ1v) is 6.31. The molecule has 2 rings (SSSR count). The van der Waals surface area contributed by atoms with Crippen LogP contribution < -0.4 is 5.23 Å². The minimum absolute atomic E-state index is 0.0255. The van der Waals surface area contributed by atoms with E-state index in [0.29, 0.717) is 4.31 Å². The molecular formula is C10H9N2O5S-. The molecule has 0 bridgehead atoms. The number of rotatable bonds is 3. The van der Waals surface area contributed by atoms with Gasteiger partial charge in [-0.05, 0) is 18.2 Å². The van der Waals surface area contributed by atoms with Gasteiger partial charge >= 0.3 is 0 Å². The predicted molar refractivity (Wildman–Crippen MR) is 62.5 cm³/mol. The number of anilines is 1. The Hall–Kier alpha value is -1.90. The molecule has 0 spiro atoms. The third-order valence-electron chi connectivity index (χ3n) is 2.51.